The van der Waals surface area contributed by atoms with Crippen LogP contribution in [0.4, 0.5) is 5.95 Å². The summed E-state index contributed by atoms with van der Waals surface area (Å²) in [6.45, 7) is 6.03. The fourth-order valence-electron chi connectivity index (χ4n) is 4.57. The second kappa shape index (κ2) is 9.43. The minimum absolute atomic E-state index is 0.0280. The molecule has 0 radical (unpaired) electrons. The Hall–Kier alpha value is -3.45. The number of aryl methyl sites for hydroxylation is 2. The molecule has 0 bridgehead atoms. The van der Waals surface area contributed by atoms with Crippen molar-refractivity contribution < 1.29 is 4.79 Å². The number of hydrogen-bond donors (Lipinski definition) is 2. The molecule has 7 heteroatoms. The molecule has 3 heterocycles. The van der Waals surface area contributed by atoms with Crippen molar-refractivity contribution in [1.29, 1.82) is 0 Å². The first kappa shape index (κ1) is 22.3. The lowest BCUT2D eigenvalue weighted by Gasteiger charge is -2.31. The van der Waals surface area contributed by atoms with Gasteiger partial charge in [0.25, 0.3) is 5.56 Å². The van der Waals surface area contributed by atoms with Gasteiger partial charge in [-0.05, 0) is 43.4 Å². The average molecular weight is 473 g/mol. The van der Waals surface area contributed by atoms with E-state index >= 15 is 0 Å². The number of nitrogens with one attached hydrogen (secondary N) is 2. The number of rotatable bonds is 5. The fraction of sp³-hybridized carbons (Fsp3) is 0.296. The maximum absolute atomic E-state index is 12.8. The molecule has 0 atom stereocenters. The summed E-state index contributed by atoms with van der Waals surface area (Å²) in [6.07, 6.45) is 1.46. The predicted molar refractivity (Wildman–Crippen MR) is 138 cm³/mol. The third-order valence-electron chi connectivity index (χ3n) is 6.62. The Morgan fingerprint density at radius 2 is 1.94 bits per heavy atom. The van der Waals surface area contributed by atoms with Gasteiger partial charge < -0.3 is 10.2 Å². The summed E-state index contributed by atoms with van der Waals surface area (Å²) in [5.41, 5.74) is 6.19. The van der Waals surface area contributed by atoms with Gasteiger partial charge in [0.1, 0.15) is 4.70 Å². The number of carbonyl (C=O) groups is 1. The Kier molecular flexibility index (Phi) is 6.20. The molecule has 0 unspecified atom stereocenters. The van der Waals surface area contributed by atoms with E-state index < -0.39 is 0 Å². The second-order valence-electron chi connectivity index (χ2n) is 8.99. The van der Waals surface area contributed by atoms with Gasteiger partial charge in [-0.3, -0.25) is 14.6 Å². The molecule has 34 heavy (non-hydrogen) atoms. The van der Waals surface area contributed by atoms with E-state index in [4.69, 9.17) is 4.98 Å². The number of aromatic nitrogens is 2. The van der Waals surface area contributed by atoms with Crippen molar-refractivity contribution in [3.8, 4) is 11.1 Å². The topological polar surface area (TPSA) is 78.1 Å². The highest BCUT2D eigenvalue weighted by Gasteiger charge is 2.26. The van der Waals surface area contributed by atoms with E-state index in [9.17, 15) is 9.59 Å². The molecule has 6 nitrogen and oxygen atoms in total. The summed E-state index contributed by atoms with van der Waals surface area (Å²) >= 11 is 1.43. The summed E-state index contributed by atoms with van der Waals surface area (Å²) in [5, 5.41) is 5.10. The molecule has 1 amide bonds. The van der Waals surface area contributed by atoms with Gasteiger partial charge in [-0.15, -0.1) is 11.3 Å². The maximum Gasteiger partial charge on any atom is 0.270 e. The van der Waals surface area contributed by atoms with Crippen LogP contribution in [0.1, 0.15) is 29.5 Å². The predicted octanol–water partition coefficient (Wildman–Crippen LogP) is 4.80. The van der Waals surface area contributed by atoms with Crippen molar-refractivity contribution in [2.75, 3.05) is 18.0 Å². The highest BCUT2D eigenvalue weighted by Crippen LogP contribution is 2.32. The number of nitrogens with zero attached hydrogens (tertiary/aromatic N) is 2. The van der Waals surface area contributed by atoms with Crippen molar-refractivity contribution in [2.24, 2.45) is 5.92 Å². The Balaban J connectivity index is 1.29. The summed E-state index contributed by atoms with van der Waals surface area (Å²) < 4.78 is 0.644. The van der Waals surface area contributed by atoms with Crippen molar-refractivity contribution in [3.63, 3.8) is 0 Å². The number of H-pyrrole nitrogens is 1. The molecular weight excluding hydrogens is 444 g/mol. The van der Waals surface area contributed by atoms with Crippen molar-refractivity contribution in [1.82, 2.24) is 15.3 Å². The van der Waals surface area contributed by atoms with Gasteiger partial charge in [0.15, 0.2) is 0 Å². The zero-order valence-electron chi connectivity index (χ0n) is 19.4. The number of aromatic amines is 1. The third kappa shape index (κ3) is 4.48. The first-order chi connectivity index (χ1) is 16.5. The van der Waals surface area contributed by atoms with Crippen molar-refractivity contribution >= 4 is 33.4 Å². The molecule has 1 fully saturated rings. The maximum atomic E-state index is 12.8. The molecular formula is C27H28N4O2S. The summed E-state index contributed by atoms with van der Waals surface area (Å²) in [7, 11) is 0. The molecule has 174 valence electrons. The van der Waals surface area contributed by atoms with E-state index in [2.05, 4.69) is 53.3 Å². The smallest absolute Gasteiger partial charge is 0.270 e. The minimum Gasteiger partial charge on any atom is -0.352 e. The molecule has 0 spiro atoms. The van der Waals surface area contributed by atoms with Crippen LogP contribution in [-0.4, -0.2) is 29.0 Å². The lowest BCUT2D eigenvalue weighted by molar-refractivity contribution is -0.125. The number of benzene rings is 2. The number of amides is 1. The summed E-state index contributed by atoms with van der Waals surface area (Å²) in [6, 6.07) is 16.4. The zero-order valence-corrected chi connectivity index (χ0v) is 20.2. The van der Waals surface area contributed by atoms with Crippen LogP contribution in [0.5, 0.6) is 0 Å². The third-order valence-corrected chi connectivity index (χ3v) is 7.59. The van der Waals surface area contributed by atoms with Gasteiger partial charge >= 0.3 is 0 Å². The van der Waals surface area contributed by atoms with Crippen LogP contribution in [0.15, 0.2) is 58.7 Å². The summed E-state index contributed by atoms with van der Waals surface area (Å²) in [4.78, 5) is 35.5. The van der Waals surface area contributed by atoms with Gasteiger partial charge in [0, 0.05) is 36.5 Å². The van der Waals surface area contributed by atoms with Crippen LogP contribution in [0.25, 0.3) is 21.3 Å². The normalized spacial score (nSPS) is 14.5. The molecule has 2 N–H and O–H groups in total. The van der Waals surface area contributed by atoms with Crippen LogP contribution in [-0.2, 0) is 11.3 Å². The number of hydrogen-bond acceptors (Lipinski definition) is 5. The Labute approximate surface area is 202 Å². The van der Waals surface area contributed by atoms with Gasteiger partial charge in [-0.25, -0.2) is 4.98 Å². The van der Waals surface area contributed by atoms with Crippen molar-refractivity contribution in [3.05, 3.63) is 81.0 Å². The van der Waals surface area contributed by atoms with Crippen LogP contribution < -0.4 is 15.8 Å². The molecule has 1 saturated heterocycles. The molecule has 2 aromatic heterocycles. The van der Waals surface area contributed by atoms with E-state index in [1.165, 1.54) is 22.5 Å². The van der Waals surface area contributed by atoms with Gasteiger partial charge in [0.2, 0.25) is 11.9 Å². The molecule has 2 aromatic carbocycles. The zero-order chi connectivity index (χ0) is 23.7. The quantitative estimate of drug-likeness (QED) is 0.437. The van der Waals surface area contributed by atoms with Crippen LogP contribution in [0.3, 0.4) is 0 Å². The van der Waals surface area contributed by atoms with Crippen molar-refractivity contribution in [2.45, 2.75) is 33.2 Å². The van der Waals surface area contributed by atoms with E-state index in [1.54, 1.807) is 0 Å². The number of anilines is 1. The molecule has 5 rings (SSSR count). The Morgan fingerprint density at radius 3 is 2.71 bits per heavy atom. The van der Waals surface area contributed by atoms with E-state index in [0.717, 1.165) is 35.0 Å². The molecule has 4 aromatic rings. The largest absolute Gasteiger partial charge is 0.352 e. The first-order valence-corrected chi connectivity index (χ1v) is 12.5. The van der Waals surface area contributed by atoms with Crippen LogP contribution in [0.2, 0.25) is 0 Å². The van der Waals surface area contributed by atoms with Gasteiger partial charge in [0.05, 0.1) is 5.52 Å². The van der Waals surface area contributed by atoms with Crippen LogP contribution >= 0.6 is 11.3 Å². The Morgan fingerprint density at radius 1 is 1.15 bits per heavy atom. The van der Waals surface area contributed by atoms with E-state index in [-0.39, 0.29) is 17.4 Å². The first-order valence-electron chi connectivity index (χ1n) is 11.7. The molecule has 1 aliphatic rings. The fourth-order valence-corrected chi connectivity index (χ4v) is 5.48. The lowest BCUT2D eigenvalue weighted by Crippen LogP contribution is -2.41. The highest BCUT2D eigenvalue weighted by molar-refractivity contribution is 7.17. The average Bonchev–Trinajstić information content (AvgIpc) is 3.28. The Bertz CT molecular complexity index is 1400. The van der Waals surface area contributed by atoms with E-state index in [0.29, 0.717) is 30.3 Å². The number of thiophene rings is 1. The molecule has 0 saturated carbocycles. The highest BCUT2D eigenvalue weighted by atomic mass is 32.1. The molecule has 1 aliphatic heterocycles. The van der Waals surface area contributed by atoms with Gasteiger partial charge in [-0.2, -0.15) is 0 Å². The lowest BCUT2D eigenvalue weighted by atomic mass is 9.96. The summed E-state index contributed by atoms with van der Waals surface area (Å²) in [5.74, 6) is 0.655. The minimum atomic E-state index is -0.109. The number of piperidine rings is 1. The second-order valence-corrected chi connectivity index (χ2v) is 9.87. The number of fused-ring (bicyclic) bond motifs is 1. The SMILES string of the molecule is Cc1cccc(-c2csc3c(=O)[nH]c(N4CCC(C(=O)NCc5ccccc5C)CC4)nc23)c1. The van der Waals surface area contributed by atoms with Gasteiger partial charge in [-0.1, -0.05) is 54.1 Å². The standard InChI is InChI=1S/C27H28N4O2S/c1-17-6-5-9-20(14-17)22-16-34-24-23(22)29-27(30-26(24)33)31-12-10-19(11-13-31)25(32)28-15-21-8-4-3-7-18(21)2/h3-9,14,16,19H,10-13,15H2,1-2H3,(H,28,32)(H,29,30,33). The number of carbonyl (C=O) groups excluding carboxylic acids is 1. The monoisotopic (exact) mass is 472 g/mol. The van der Waals surface area contributed by atoms with E-state index in [1.807, 2.05) is 29.6 Å². The molecule has 0 aliphatic carbocycles. The van der Waals surface area contributed by atoms with Crippen LogP contribution in [0, 0.1) is 19.8 Å².